The van der Waals surface area contributed by atoms with Gasteiger partial charge in [0, 0.05) is 25.2 Å². The summed E-state index contributed by atoms with van der Waals surface area (Å²) in [4.78, 5) is 30.1. The van der Waals surface area contributed by atoms with E-state index in [0.717, 1.165) is 12.8 Å². The van der Waals surface area contributed by atoms with Gasteiger partial charge in [0.2, 0.25) is 5.88 Å². The number of rotatable bonds is 6. The summed E-state index contributed by atoms with van der Waals surface area (Å²) in [5.74, 6) is -0.894. The lowest BCUT2D eigenvalue weighted by molar-refractivity contribution is -0.117. The summed E-state index contributed by atoms with van der Waals surface area (Å²) in [5, 5.41) is 31.5. The molecule has 2 fully saturated rings. The normalized spacial score (nSPS) is 16.9. The third kappa shape index (κ3) is 5.16. The minimum Gasteiger partial charge on any atom is -0.508 e. The van der Waals surface area contributed by atoms with Gasteiger partial charge in [0.25, 0.3) is 11.8 Å². The number of fused-ring (bicyclic) bond motifs is 1. The summed E-state index contributed by atoms with van der Waals surface area (Å²) in [6.45, 7) is 1.29. The van der Waals surface area contributed by atoms with E-state index in [0.29, 0.717) is 47.2 Å². The molecular weight excluding hydrogens is 470 g/mol. The second-order valence-electron chi connectivity index (χ2n) is 9.12. The summed E-state index contributed by atoms with van der Waals surface area (Å²) in [6.07, 6.45) is 4.25. The SMILES string of the molecule is O=C(Cc1ccc(O)cc1)N=Nc1c(O)[nH]c2ccc(C(=O)N3CCC(NC4CC4)CC3)c(Cl)c12. The van der Waals surface area contributed by atoms with Crippen molar-refractivity contribution in [1.29, 1.82) is 0 Å². The predicted molar refractivity (Wildman–Crippen MR) is 131 cm³/mol. The molecule has 0 spiro atoms. The lowest BCUT2D eigenvalue weighted by Crippen LogP contribution is -2.45. The zero-order chi connectivity index (χ0) is 24.5. The topological polar surface area (TPSA) is 130 Å². The molecule has 2 aliphatic rings. The highest BCUT2D eigenvalue weighted by atomic mass is 35.5. The molecule has 0 radical (unpaired) electrons. The number of amides is 2. The highest BCUT2D eigenvalue weighted by Crippen LogP contribution is 2.41. The van der Waals surface area contributed by atoms with Crippen LogP contribution in [0.3, 0.4) is 0 Å². The first kappa shape index (κ1) is 23.3. The number of hydrogen-bond acceptors (Lipinski definition) is 6. The predicted octanol–water partition coefficient (Wildman–Crippen LogP) is 4.44. The van der Waals surface area contributed by atoms with Gasteiger partial charge < -0.3 is 25.4 Å². The third-order valence-electron chi connectivity index (χ3n) is 6.47. The van der Waals surface area contributed by atoms with E-state index in [1.165, 1.54) is 25.0 Å². The average Bonchev–Trinajstić information content (AvgIpc) is 3.60. The molecule has 182 valence electrons. The van der Waals surface area contributed by atoms with Crippen LogP contribution in [-0.4, -0.2) is 57.1 Å². The molecule has 2 heterocycles. The highest BCUT2D eigenvalue weighted by molar-refractivity contribution is 6.39. The van der Waals surface area contributed by atoms with Gasteiger partial charge in [0.05, 0.1) is 27.9 Å². The van der Waals surface area contributed by atoms with Gasteiger partial charge in [0.15, 0.2) is 5.69 Å². The molecule has 4 N–H and O–H groups in total. The number of H-pyrrole nitrogens is 1. The number of aromatic amines is 1. The van der Waals surface area contributed by atoms with Crippen molar-refractivity contribution in [2.24, 2.45) is 10.2 Å². The van der Waals surface area contributed by atoms with Gasteiger partial charge >= 0.3 is 0 Å². The van der Waals surface area contributed by atoms with Crippen LogP contribution in [0.2, 0.25) is 5.02 Å². The number of aromatic hydroxyl groups is 2. The van der Waals surface area contributed by atoms with Gasteiger partial charge in [-0.1, -0.05) is 23.7 Å². The van der Waals surface area contributed by atoms with E-state index in [1.54, 1.807) is 29.2 Å². The molecule has 1 saturated heterocycles. The first-order chi connectivity index (χ1) is 16.9. The van der Waals surface area contributed by atoms with Crippen LogP contribution in [-0.2, 0) is 11.2 Å². The van der Waals surface area contributed by atoms with Crippen molar-refractivity contribution in [2.45, 2.75) is 44.2 Å². The van der Waals surface area contributed by atoms with Crippen molar-refractivity contribution in [3.63, 3.8) is 0 Å². The Morgan fingerprint density at radius 3 is 2.40 bits per heavy atom. The molecule has 2 aromatic carbocycles. The van der Waals surface area contributed by atoms with Crippen molar-refractivity contribution in [1.82, 2.24) is 15.2 Å². The summed E-state index contributed by atoms with van der Waals surface area (Å²) < 4.78 is 0. The second-order valence-corrected chi connectivity index (χ2v) is 9.49. The van der Waals surface area contributed by atoms with Gasteiger partial charge in [-0.25, -0.2) is 0 Å². The fourth-order valence-electron chi connectivity index (χ4n) is 4.41. The number of likely N-dealkylation sites (tertiary alicyclic amines) is 1. The smallest absolute Gasteiger partial charge is 0.269 e. The van der Waals surface area contributed by atoms with Crippen LogP contribution in [0.1, 0.15) is 41.6 Å². The fourth-order valence-corrected chi connectivity index (χ4v) is 4.75. The Labute approximate surface area is 206 Å². The number of carbonyl (C=O) groups excluding carboxylic acids is 2. The summed E-state index contributed by atoms with van der Waals surface area (Å²) in [5.41, 5.74) is 1.47. The zero-order valence-corrected chi connectivity index (χ0v) is 19.8. The van der Waals surface area contributed by atoms with E-state index in [9.17, 15) is 19.8 Å². The number of nitrogens with one attached hydrogen (secondary N) is 2. The quantitative estimate of drug-likeness (QED) is 0.375. The Hall–Kier alpha value is -3.43. The Morgan fingerprint density at radius 1 is 1.03 bits per heavy atom. The molecule has 1 saturated carbocycles. The van der Waals surface area contributed by atoms with E-state index in [-0.39, 0.29) is 34.7 Å². The maximum absolute atomic E-state index is 13.2. The van der Waals surface area contributed by atoms with Crippen LogP contribution in [0, 0.1) is 0 Å². The van der Waals surface area contributed by atoms with Crippen molar-refractivity contribution in [3.05, 3.63) is 52.5 Å². The maximum atomic E-state index is 13.2. The molecule has 2 amide bonds. The number of nitrogens with zero attached hydrogens (tertiary/aromatic N) is 3. The molecular formula is C25H26ClN5O4. The number of benzene rings is 2. The Bertz CT molecular complexity index is 1290. The molecule has 0 bridgehead atoms. The van der Waals surface area contributed by atoms with Crippen molar-refractivity contribution >= 4 is 40.0 Å². The van der Waals surface area contributed by atoms with E-state index >= 15 is 0 Å². The molecule has 1 aliphatic carbocycles. The average molecular weight is 496 g/mol. The van der Waals surface area contributed by atoms with Crippen molar-refractivity contribution in [2.75, 3.05) is 13.1 Å². The van der Waals surface area contributed by atoms with Gasteiger partial charge in [-0.3, -0.25) is 9.59 Å². The van der Waals surface area contributed by atoms with Crippen LogP contribution < -0.4 is 5.32 Å². The molecule has 5 rings (SSSR count). The first-order valence-corrected chi connectivity index (χ1v) is 12.1. The molecule has 3 aromatic rings. The zero-order valence-electron chi connectivity index (χ0n) is 19.0. The third-order valence-corrected chi connectivity index (χ3v) is 6.86. The highest BCUT2D eigenvalue weighted by Gasteiger charge is 2.30. The number of azo groups is 1. The van der Waals surface area contributed by atoms with Crippen LogP contribution in [0.15, 0.2) is 46.6 Å². The number of piperidine rings is 1. The Morgan fingerprint density at radius 2 is 1.71 bits per heavy atom. The maximum Gasteiger partial charge on any atom is 0.269 e. The van der Waals surface area contributed by atoms with Crippen LogP contribution in [0.4, 0.5) is 5.69 Å². The lowest BCUT2D eigenvalue weighted by Gasteiger charge is -2.32. The first-order valence-electron chi connectivity index (χ1n) is 11.7. The van der Waals surface area contributed by atoms with Gasteiger partial charge in [-0.05, 0) is 55.5 Å². The summed E-state index contributed by atoms with van der Waals surface area (Å²) >= 11 is 6.64. The van der Waals surface area contributed by atoms with Crippen LogP contribution in [0.25, 0.3) is 10.9 Å². The number of carbonyl (C=O) groups is 2. The minimum atomic E-state index is -0.532. The number of aromatic nitrogens is 1. The number of halogens is 1. The Kier molecular flexibility index (Phi) is 6.44. The molecule has 0 atom stereocenters. The van der Waals surface area contributed by atoms with Crippen LogP contribution >= 0.6 is 11.6 Å². The van der Waals surface area contributed by atoms with Crippen molar-refractivity contribution < 1.29 is 19.8 Å². The molecule has 9 nitrogen and oxygen atoms in total. The summed E-state index contributed by atoms with van der Waals surface area (Å²) in [6, 6.07) is 10.6. The number of phenols is 1. The number of phenolic OH excluding ortho intramolecular Hbond substituents is 1. The van der Waals surface area contributed by atoms with E-state index in [4.69, 9.17) is 11.6 Å². The summed E-state index contributed by atoms with van der Waals surface area (Å²) in [7, 11) is 0. The lowest BCUT2D eigenvalue weighted by atomic mass is 10.0. The van der Waals surface area contributed by atoms with E-state index in [1.807, 2.05) is 0 Å². The standard InChI is InChI=1S/C25H26ClN5O4/c26-22-18(25(35)31-11-9-16(10-12-31)27-15-3-4-15)7-8-19-21(22)23(24(34)28-19)30-29-20(33)13-14-1-5-17(32)6-2-14/h1-2,5-8,15-16,27-28,32,34H,3-4,9-13H2. The largest absolute Gasteiger partial charge is 0.508 e. The van der Waals surface area contributed by atoms with Gasteiger partial charge in [0.1, 0.15) is 5.75 Å². The second kappa shape index (κ2) is 9.67. The molecule has 1 aliphatic heterocycles. The van der Waals surface area contributed by atoms with Crippen molar-refractivity contribution in [3.8, 4) is 11.6 Å². The van der Waals surface area contributed by atoms with E-state index < -0.39 is 5.91 Å². The van der Waals surface area contributed by atoms with Gasteiger partial charge in [-0.15, -0.1) is 10.2 Å². The van der Waals surface area contributed by atoms with Gasteiger partial charge in [-0.2, -0.15) is 0 Å². The number of hydrogen-bond donors (Lipinski definition) is 4. The Balaban J connectivity index is 1.33. The van der Waals surface area contributed by atoms with Crippen LogP contribution in [0.5, 0.6) is 11.6 Å². The molecule has 10 heteroatoms. The monoisotopic (exact) mass is 495 g/mol. The molecule has 35 heavy (non-hydrogen) atoms. The molecule has 0 unspecified atom stereocenters. The van der Waals surface area contributed by atoms with E-state index in [2.05, 4.69) is 20.5 Å². The fraction of sp³-hybridized carbons (Fsp3) is 0.360. The molecule has 1 aromatic heterocycles. The minimum absolute atomic E-state index is 0.00560.